The Balaban J connectivity index is 3.36. The highest BCUT2D eigenvalue weighted by Crippen LogP contribution is 2.07. The first-order chi connectivity index (χ1) is 7.57. The third kappa shape index (κ3) is 8.16. The van der Waals surface area contributed by atoms with E-state index in [0.29, 0.717) is 18.1 Å². The number of rotatable bonds is 8. The van der Waals surface area contributed by atoms with Crippen molar-refractivity contribution < 1.29 is 19.4 Å². The van der Waals surface area contributed by atoms with Gasteiger partial charge in [-0.2, -0.15) is 11.8 Å². The molecule has 0 aliphatic rings. The normalized spacial score (nSPS) is 11.6. The molecule has 6 heteroatoms. The number of carbonyl (C=O) groups excluding carboxylic acids is 1. The Bertz CT molecular complexity index is 245. The second-order valence-corrected chi connectivity index (χ2v) is 4.28. The second kappa shape index (κ2) is 9.08. The molecule has 0 spiro atoms. The molecule has 0 aromatic carbocycles. The Morgan fingerprint density at radius 3 is 2.88 bits per heavy atom. The number of amides is 1. The van der Waals surface area contributed by atoms with E-state index in [0.717, 1.165) is 0 Å². The number of ether oxygens (including phenoxy) is 1. The molecule has 0 aliphatic carbocycles. The summed E-state index contributed by atoms with van der Waals surface area (Å²) in [6.07, 6.45) is 1.01. The van der Waals surface area contributed by atoms with E-state index in [1.165, 1.54) is 17.8 Å². The number of carboxylic acid groups (broad SMARTS) is 1. The molecule has 1 atom stereocenters. The molecule has 92 valence electrons. The van der Waals surface area contributed by atoms with E-state index in [-0.39, 0.29) is 12.5 Å². The lowest BCUT2D eigenvalue weighted by molar-refractivity contribution is -0.140. The van der Waals surface area contributed by atoms with Gasteiger partial charge in [0.1, 0.15) is 6.61 Å². The van der Waals surface area contributed by atoms with Crippen molar-refractivity contribution in [3.8, 4) is 0 Å². The van der Waals surface area contributed by atoms with Gasteiger partial charge in [-0.25, -0.2) is 4.79 Å². The average molecular weight is 247 g/mol. The molecular weight excluding hydrogens is 230 g/mol. The van der Waals surface area contributed by atoms with Crippen molar-refractivity contribution in [3.05, 3.63) is 12.7 Å². The van der Waals surface area contributed by atoms with Crippen molar-refractivity contribution in [2.75, 3.05) is 24.7 Å². The fourth-order valence-electron chi connectivity index (χ4n) is 0.742. The maximum atomic E-state index is 10.9. The summed E-state index contributed by atoms with van der Waals surface area (Å²) in [6, 6.07) is 0. The van der Waals surface area contributed by atoms with Gasteiger partial charge in [-0.3, -0.25) is 4.79 Å². The first-order valence-corrected chi connectivity index (χ1v) is 6.05. The molecular formula is C10H17NO4S. The van der Waals surface area contributed by atoms with E-state index in [1.54, 1.807) is 6.92 Å². The fraction of sp³-hybridized carbons (Fsp3) is 0.600. The highest BCUT2D eigenvalue weighted by molar-refractivity contribution is 7.99. The van der Waals surface area contributed by atoms with Gasteiger partial charge < -0.3 is 15.2 Å². The summed E-state index contributed by atoms with van der Waals surface area (Å²) in [5.41, 5.74) is 0. The molecule has 2 N–H and O–H groups in total. The van der Waals surface area contributed by atoms with E-state index < -0.39 is 12.1 Å². The van der Waals surface area contributed by atoms with Crippen LogP contribution in [0.4, 0.5) is 4.79 Å². The Hall–Kier alpha value is -1.17. The number of hydrogen-bond acceptors (Lipinski definition) is 4. The summed E-state index contributed by atoms with van der Waals surface area (Å²) in [5, 5.41) is 11.2. The number of aliphatic carboxylic acids is 1. The molecule has 1 unspecified atom stereocenters. The number of carbonyl (C=O) groups is 2. The molecule has 0 fully saturated rings. The van der Waals surface area contributed by atoms with E-state index >= 15 is 0 Å². The minimum Gasteiger partial charge on any atom is -0.481 e. The largest absolute Gasteiger partial charge is 0.481 e. The predicted molar refractivity (Wildman–Crippen MR) is 63.7 cm³/mol. The van der Waals surface area contributed by atoms with Gasteiger partial charge in [-0.05, 0) is 0 Å². The number of nitrogens with one attached hydrogen (secondary N) is 1. The lowest BCUT2D eigenvalue weighted by Gasteiger charge is -2.07. The predicted octanol–water partition coefficient (Wildman–Crippen LogP) is 1.35. The number of thioether (sulfide) groups is 1. The highest BCUT2D eigenvalue weighted by Gasteiger charge is 2.10. The smallest absolute Gasteiger partial charge is 0.407 e. The SMILES string of the molecule is C=CCOC(=O)NCCSCC(C)C(=O)O. The van der Waals surface area contributed by atoms with Gasteiger partial charge in [-0.1, -0.05) is 19.6 Å². The molecule has 0 saturated carbocycles. The van der Waals surface area contributed by atoms with E-state index in [4.69, 9.17) is 5.11 Å². The Morgan fingerprint density at radius 2 is 2.31 bits per heavy atom. The highest BCUT2D eigenvalue weighted by atomic mass is 32.2. The van der Waals surface area contributed by atoms with Crippen LogP contribution in [0.25, 0.3) is 0 Å². The Kier molecular flexibility index (Phi) is 8.42. The summed E-state index contributed by atoms with van der Waals surface area (Å²) in [4.78, 5) is 21.4. The van der Waals surface area contributed by atoms with Crippen LogP contribution in [0.5, 0.6) is 0 Å². The average Bonchev–Trinajstić information content (AvgIpc) is 2.25. The Labute approximate surface area is 99.2 Å². The monoisotopic (exact) mass is 247 g/mol. The molecule has 1 amide bonds. The van der Waals surface area contributed by atoms with Gasteiger partial charge in [0.2, 0.25) is 0 Å². The van der Waals surface area contributed by atoms with Gasteiger partial charge in [0.05, 0.1) is 5.92 Å². The third-order valence-electron chi connectivity index (χ3n) is 1.64. The van der Waals surface area contributed by atoms with Crippen LogP contribution in [-0.2, 0) is 9.53 Å². The summed E-state index contributed by atoms with van der Waals surface area (Å²) < 4.78 is 4.69. The lowest BCUT2D eigenvalue weighted by Crippen LogP contribution is -2.26. The topological polar surface area (TPSA) is 75.6 Å². The minimum atomic E-state index is -0.800. The summed E-state index contributed by atoms with van der Waals surface area (Å²) >= 11 is 1.48. The Morgan fingerprint density at radius 1 is 1.62 bits per heavy atom. The van der Waals surface area contributed by atoms with Gasteiger partial charge in [0.25, 0.3) is 0 Å². The minimum absolute atomic E-state index is 0.190. The van der Waals surface area contributed by atoms with E-state index in [1.807, 2.05) is 0 Å². The van der Waals surface area contributed by atoms with Crippen molar-refractivity contribution in [1.82, 2.24) is 5.32 Å². The van der Waals surface area contributed by atoms with Gasteiger partial charge >= 0.3 is 12.1 Å². The summed E-state index contributed by atoms with van der Waals surface area (Å²) in [5.74, 6) is 0.0445. The second-order valence-electron chi connectivity index (χ2n) is 3.13. The zero-order valence-corrected chi connectivity index (χ0v) is 10.1. The van der Waals surface area contributed by atoms with Gasteiger partial charge in [0.15, 0.2) is 0 Å². The van der Waals surface area contributed by atoms with Gasteiger partial charge in [-0.15, -0.1) is 0 Å². The van der Waals surface area contributed by atoms with E-state index in [9.17, 15) is 9.59 Å². The zero-order chi connectivity index (χ0) is 12.4. The molecule has 16 heavy (non-hydrogen) atoms. The summed E-state index contributed by atoms with van der Waals surface area (Å²) in [6.45, 7) is 5.72. The maximum absolute atomic E-state index is 10.9. The maximum Gasteiger partial charge on any atom is 0.407 e. The van der Waals surface area contributed by atoms with Gasteiger partial charge in [0, 0.05) is 18.1 Å². The van der Waals surface area contributed by atoms with Crippen LogP contribution >= 0.6 is 11.8 Å². The van der Waals surface area contributed by atoms with Crippen molar-refractivity contribution in [1.29, 1.82) is 0 Å². The first kappa shape index (κ1) is 14.8. The van der Waals surface area contributed by atoms with Crippen LogP contribution in [0.3, 0.4) is 0 Å². The molecule has 0 aromatic rings. The molecule has 5 nitrogen and oxygen atoms in total. The van der Waals surface area contributed by atoms with E-state index in [2.05, 4.69) is 16.6 Å². The molecule has 0 bridgehead atoms. The van der Waals surface area contributed by atoms with Crippen molar-refractivity contribution in [2.45, 2.75) is 6.92 Å². The molecule has 0 rings (SSSR count). The molecule has 0 aromatic heterocycles. The molecule has 0 radical (unpaired) electrons. The fourth-order valence-corrected chi connectivity index (χ4v) is 1.65. The van der Waals surface area contributed by atoms with Crippen molar-refractivity contribution in [3.63, 3.8) is 0 Å². The first-order valence-electron chi connectivity index (χ1n) is 4.90. The van der Waals surface area contributed by atoms with Crippen LogP contribution in [0.2, 0.25) is 0 Å². The van der Waals surface area contributed by atoms with Crippen LogP contribution in [0, 0.1) is 5.92 Å². The van der Waals surface area contributed by atoms with Crippen LogP contribution < -0.4 is 5.32 Å². The van der Waals surface area contributed by atoms with Crippen LogP contribution in [0.1, 0.15) is 6.92 Å². The number of hydrogen-bond donors (Lipinski definition) is 2. The standard InChI is InChI=1S/C10H17NO4S/c1-3-5-15-10(14)11-4-6-16-7-8(2)9(12)13/h3,8H,1,4-7H2,2H3,(H,11,14)(H,12,13). The molecule has 0 heterocycles. The quantitative estimate of drug-likeness (QED) is 0.500. The lowest BCUT2D eigenvalue weighted by atomic mass is 10.2. The number of carboxylic acids is 1. The zero-order valence-electron chi connectivity index (χ0n) is 9.27. The molecule has 0 saturated heterocycles. The van der Waals surface area contributed by atoms with Crippen LogP contribution in [0.15, 0.2) is 12.7 Å². The molecule has 0 aliphatic heterocycles. The van der Waals surface area contributed by atoms with Crippen LogP contribution in [-0.4, -0.2) is 41.8 Å². The number of alkyl carbamates (subject to hydrolysis) is 1. The third-order valence-corrected chi connectivity index (χ3v) is 2.87. The van der Waals surface area contributed by atoms with Crippen molar-refractivity contribution >= 4 is 23.8 Å². The summed E-state index contributed by atoms with van der Waals surface area (Å²) in [7, 11) is 0. The van der Waals surface area contributed by atoms with Crippen molar-refractivity contribution in [2.24, 2.45) is 5.92 Å².